The van der Waals surface area contributed by atoms with Crippen LogP contribution in [0.15, 0.2) is 35.9 Å². The average Bonchev–Trinajstić information content (AvgIpc) is 2.69. The highest BCUT2D eigenvalue weighted by Gasteiger charge is 2.46. The van der Waals surface area contributed by atoms with Gasteiger partial charge < -0.3 is 10.2 Å². The molecular formula is C22H28FN3S. The third kappa shape index (κ3) is 3.19. The zero-order valence-corrected chi connectivity index (χ0v) is 16.6. The quantitative estimate of drug-likeness (QED) is 0.570. The Morgan fingerprint density at radius 1 is 1.15 bits per heavy atom. The van der Waals surface area contributed by atoms with Crippen molar-refractivity contribution in [3.63, 3.8) is 0 Å². The molecular weight excluding hydrogens is 357 g/mol. The predicted molar refractivity (Wildman–Crippen MR) is 111 cm³/mol. The van der Waals surface area contributed by atoms with Crippen molar-refractivity contribution in [1.82, 2.24) is 9.80 Å². The molecule has 1 aromatic carbocycles. The van der Waals surface area contributed by atoms with Gasteiger partial charge in [-0.3, -0.25) is 4.90 Å². The fourth-order valence-corrected chi connectivity index (χ4v) is 6.27. The number of rotatable bonds is 1. The molecule has 4 aliphatic rings. The Bertz CT molecular complexity index is 764. The molecule has 0 radical (unpaired) electrons. The summed E-state index contributed by atoms with van der Waals surface area (Å²) in [4.78, 5) is 5.10. The van der Waals surface area contributed by atoms with Crippen LogP contribution in [-0.2, 0) is 0 Å². The fourth-order valence-electron chi connectivity index (χ4n) is 5.95. The van der Waals surface area contributed by atoms with E-state index in [2.05, 4.69) is 21.2 Å². The van der Waals surface area contributed by atoms with Gasteiger partial charge >= 0.3 is 0 Å². The second-order valence-electron chi connectivity index (χ2n) is 8.61. The van der Waals surface area contributed by atoms with Crippen molar-refractivity contribution in [2.75, 3.05) is 25.0 Å². The van der Waals surface area contributed by atoms with Crippen LogP contribution in [-0.4, -0.2) is 46.6 Å². The van der Waals surface area contributed by atoms with E-state index in [1.165, 1.54) is 51.3 Å². The molecule has 1 aliphatic carbocycles. The van der Waals surface area contributed by atoms with Gasteiger partial charge in [-0.05, 0) is 74.8 Å². The van der Waals surface area contributed by atoms with Gasteiger partial charge in [0.05, 0.1) is 11.7 Å². The molecule has 0 unspecified atom stereocenters. The SMILES string of the molecule is Fc1ccccc1NC(=S)N1CCCC2=C[C@@H]3C[C@@H](CN4CCCC[C@H]34)[C@@H]21. The summed E-state index contributed by atoms with van der Waals surface area (Å²) in [5, 5.41) is 3.86. The van der Waals surface area contributed by atoms with E-state index in [9.17, 15) is 4.39 Å². The summed E-state index contributed by atoms with van der Waals surface area (Å²) in [5.74, 6) is 1.12. The number of benzene rings is 1. The summed E-state index contributed by atoms with van der Waals surface area (Å²) in [6, 6.07) is 7.96. The fraction of sp³-hybridized carbons (Fsp3) is 0.591. The first-order valence-electron chi connectivity index (χ1n) is 10.5. The molecule has 5 heteroatoms. The molecule has 0 amide bonds. The minimum absolute atomic E-state index is 0.245. The van der Waals surface area contributed by atoms with E-state index in [4.69, 9.17) is 12.2 Å². The maximum absolute atomic E-state index is 14.1. The highest BCUT2D eigenvalue weighted by Crippen LogP contribution is 2.45. The Morgan fingerprint density at radius 3 is 2.93 bits per heavy atom. The number of nitrogens with zero attached hydrogens (tertiary/aromatic N) is 2. The van der Waals surface area contributed by atoms with E-state index in [0.29, 0.717) is 22.8 Å². The Hall–Kier alpha value is -1.46. The third-order valence-corrected chi connectivity index (χ3v) is 7.37. The van der Waals surface area contributed by atoms with Crippen LogP contribution in [0.3, 0.4) is 0 Å². The van der Waals surface area contributed by atoms with Crippen LogP contribution in [0.2, 0.25) is 0 Å². The first kappa shape index (κ1) is 17.6. The number of hydrogen-bond donors (Lipinski definition) is 1. The van der Waals surface area contributed by atoms with Crippen LogP contribution in [0.25, 0.3) is 0 Å². The highest BCUT2D eigenvalue weighted by molar-refractivity contribution is 7.80. The third-order valence-electron chi connectivity index (χ3n) is 7.03. The molecule has 4 atom stereocenters. The van der Waals surface area contributed by atoms with Gasteiger partial charge in [0.2, 0.25) is 0 Å². The number of thiocarbonyl (C=S) groups is 1. The summed E-state index contributed by atoms with van der Waals surface area (Å²) in [6.07, 6.45) is 10.3. The van der Waals surface area contributed by atoms with E-state index in [1.807, 2.05) is 6.07 Å². The van der Waals surface area contributed by atoms with Crippen molar-refractivity contribution in [1.29, 1.82) is 0 Å². The van der Waals surface area contributed by atoms with Crippen LogP contribution in [0, 0.1) is 17.7 Å². The standard InChI is InChI=1S/C22H28FN3S/c23-18-7-1-2-8-19(18)24-22(27)26-11-5-6-15-12-16-13-17(21(15)26)14-25-10-4-3-9-20(16)25/h1-2,7-8,12,16-17,20-21H,3-6,9-11,13-14H2,(H,24,27)/t16-,17+,20-,21-/m1/s1. The lowest BCUT2D eigenvalue weighted by Gasteiger charge is -2.55. The summed E-state index contributed by atoms with van der Waals surface area (Å²) in [7, 11) is 0. The first-order valence-corrected chi connectivity index (χ1v) is 10.9. The summed E-state index contributed by atoms with van der Waals surface area (Å²) >= 11 is 5.75. The topological polar surface area (TPSA) is 18.5 Å². The monoisotopic (exact) mass is 385 g/mol. The summed E-state index contributed by atoms with van der Waals surface area (Å²) in [5.41, 5.74) is 2.07. The van der Waals surface area contributed by atoms with Crippen LogP contribution in [0.4, 0.5) is 10.1 Å². The molecule has 1 N–H and O–H groups in total. The van der Waals surface area contributed by atoms with Gasteiger partial charge in [-0.1, -0.05) is 30.2 Å². The van der Waals surface area contributed by atoms with E-state index in [-0.39, 0.29) is 5.82 Å². The Labute approximate surface area is 166 Å². The largest absolute Gasteiger partial charge is 0.342 e. The van der Waals surface area contributed by atoms with Crippen molar-refractivity contribution in [2.24, 2.45) is 11.8 Å². The molecule has 0 saturated carbocycles. The lowest BCUT2D eigenvalue weighted by molar-refractivity contribution is 0.0132. The Morgan fingerprint density at radius 2 is 2.04 bits per heavy atom. The normalized spacial score (nSPS) is 32.9. The number of piperidine rings is 3. The lowest BCUT2D eigenvalue weighted by atomic mass is 9.68. The second kappa shape index (κ2) is 7.17. The molecule has 2 bridgehead atoms. The van der Waals surface area contributed by atoms with Crippen molar-refractivity contribution in [3.8, 4) is 0 Å². The molecule has 0 aromatic heterocycles. The van der Waals surface area contributed by atoms with Gasteiger partial charge in [-0.15, -0.1) is 0 Å². The van der Waals surface area contributed by atoms with Gasteiger partial charge in [-0.2, -0.15) is 0 Å². The molecule has 1 aromatic rings. The highest BCUT2D eigenvalue weighted by atomic mass is 32.1. The molecule has 5 rings (SSSR count). The number of halogens is 1. The van der Waals surface area contributed by atoms with Crippen molar-refractivity contribution >= 4 is 23.0 Å². The van der Waals surface area contributed by atoms with Gasteiger partial charge in [0, 0.05) is 19.1 Å². The van der Waals surface area contributed by atoms with E-state index in [1.54, 1.807) is 17.7 Å². The maximum atomic E-state index is 14.1. The molecule has 3 heterocycles. The van der Waals surface area contributed by atoms with Gasteiger partial charge in [0.15, 0.2) is 5.11 Å². The van der Waals surface area contributed by atoms with Gasteiger partial charge in [0.25, 0.3) is 0 Å². The lowest BCUT2D eigenvalue weighted by Crippen LogP contribution is -2.60. The van der Waals surface area contributed by atoms with Crippen molar-refractivity contribution < 1.29 is 4.39 Å². The van der Waals surface area contributed by atoms with Crippen molar-refractivity contribution in [3.05, 3.63) is 41.7 Å². The first-order chi connectivity index (χ1) is 13.2. The molecule has 3 aliphatic heterocycles. The number of hydrogen-bond acceptors (Lipinski definition) is 2. The predicted octanol–water partition coefficient (Wildman–Crippen LogP) is 4.42. The zero-order valence-electron chi connectivity index (χ0n) is 15.7. The summed E-state index contributed by atoms with van der Waals surface area (Å²) < 4.78 is 14.1. The minimum Gasteiger partial charge on any atom is -0.342 e. The number of para-hydroxylation sites is 1. The van der Waals surface area contributed by atoms with Crippen LogP contribution >= 0.6 is 12.2 Å². The smallest absolute Gasteiger partial charge is 0.174 e. The number of likely N-dealkylation sites (tertiary alicyclic amines) is 1. The Balaban J connectivity index is 1.40. The second-order valence-corrected chi connectivity index (χ2v) is 9.00. The average molecular weight is 386 g/mol. The van der Waals surface area contributed by atoms with E-state index >= 15 is 0 Å². The van der Waals surface area contributed by atoms with Crippen LogP contribution < -0.4 is 5.32 Å². The summed E-state index contributed by atoms with van der Waals surface area (Å²) in [6.45, 7) is 3.42. The minimum atomic E-state index is -0.245. The van der Waals surface area contributed by atoms with Crippen LogP contribution in [0.1, 0.15) is 38.5 Å². The maximum Gasteiger partial charge on any atom is 0.174 e. The van der Waals surface area contributed by atoms with Crippen LogP contribution in [0.5, 0.6) is 0 Å². The molecule has 3 saturated heterocycles. The number of nitrogens with one attached hydrogen (secondary N) is 1. The molecule has 0 spiro atoms. The van der Waals surface area contributed by atoms with E-state index < -0.39 is 0 Å². The molecule has 144 valence electrons. The molecule has 3 nitrogen and oxygen atoms in total. The molecule has 3 fully saturated rings. The van der Waals surface area contributed by atoms with E-state index in [0.717, 1.165) is 24.9 Å². The van der Waals surface area contributed by atoms with Gasteiger partial charge in [0.1, 0.15) is 5.82 Å². The molecule has 27 heavy (non-hydrogen) atoms. The van der Waals surface area contributed by atoms with Gasteiger partial charge in [-0.25, -0.2) is 4.39 Å². The zero-order chi connectivity index (χ0) is 18.4. The number of fused-ring (bicyclic) bond motifs is 6. The number of anilines is 1. The Kier molecular flexibility index (Phi) is 4.68. The van der Waals surface area contributed by atoms with Crippen molar-refractivity contribution in [2.45, 2.75) is 50.6 Å².